The van der Waals surface area contributed by atoms with Crippen molar-refractivity contribution >= 4 is 11.8 Å². The number of fused-ring (bicyclic) bond motifs is 1. The fourth-order valence-corrected chi connectivity index (χ4v) is 3.90. The molecule has 2 amide bonds. The van der Waals surface area contributed by atoms with E-state index in [2.05, 4.69) is 18.3 Å². The van der Waals surface area contributed by atoms with Gasteiger partial charge in [0.25, 0.3) is 0 Å². The highest BCUT2D eigenvalue weighted by Crippen LogP contribution is 2.44. The highest BCUT2D eigenvalue weighted by Gasteiger charge is 2.51. The van der Waals surface area contributed by atoms with Crippen LogP contribution in [0.1, 0.15) is 39.0 Å². The van der Waals surface area contributed by atoms with Crippen molar-refractivity contribution in [1.29, 1.82) is 0 Å². The first-order valence-corrected chi connectivity index (χ1v) is 7.94. The average molecular weight is 276 g/mol. The van der Waals surface area contributed by atoms with E-state index in [0.717, 1.165) is 45.2 Å². The summed E-state index contributed by atoms with van der Waals surface area (Å²) in [6.45, 7) is 4.67. The third-order valence-electron chi connectivity index (χ3n) is 5.22. The van der Waals surface area contributed by atoms with Crippen LogP contribution in [0.15, 0.2) is 11.6 Å². The van der Waals surface area contributed by atoms with Gasteiger partial charge in [-0.15, -0.1) is 0 Å². The van der Waals surface area contributed by atoms with Gasteiger partial charge in [0.2, 0.25) is 11.8 Å². The van der Waals surface area contributed by atoms with Crippen LogP contribution in [0.3, 0.4) is 0 Å². The Morgan fingerprint density at radius 2 is 1.95 bits per heavy atom. The molecule has 2 fully saturated rings. The first-order valence-electron chi connectivity index (χ1n) is 7.94. The number of hydrogen-bond donors (Lipinski definition) is 1. The second-order valence-corrected chi connectivity index (χ2v) is 6.35. The number of nitrogens with zero attached hydrogens (tertiary/aromatic N) is 1. The summed E-state index contributed by atoms with van der Waals surface area (Å²) >= 11 is 0. The molecule has 0 aromatic carbocycles. The Balaban J connectivity index is 1.60. The molecule has 1 saturated heterocycles. The summed E-state index contributed by atoms with van der Waals surface area (Å²) in [4.78, 5) is 26.4. The van der Waals surface area contributed by atoms with Crippen LogP contribution in [0.25, 0.3) is 0 Å². The van der Waals surface area contributed by atoms with E-state index in [0.29, 0.717) is 12.5 Å². The molecule has 4 heteroatoms. The van der Waals surface area contributed by atoms with Crippen LogP contribution in [0.5, 0.6) is 0 Å². The van der Waals surface area contributed by atoms with Crippen molar-refractivity contribution in [3.63, 3.8) is 0 Å². The smallest absolute Gasteiger partial charge is 0.233 e. The molecule has 2 atom stereocenters. The molecule has 3 aliphatic rings. The van der Waals surface area contributed by atoms with E-state index in [-0.39, 0.29) is 23.7 Å². The number of imide groups is 1. The fourth-order valence-electron chi connectivity index (χ4n) is 3.90. The molecule has 110 valence electrons. The van der Waals surface area contributed by atoms with Crippen LogP contribution in [0.4, 0.5) is 0 Å². The predicted molar refractivity (Wildman–Crippen MR) is 76.9 cm³/mol. The monoisotopic (exact) mass is 276 g/mol. The van der Waals surface area contributed by atoms with Gasteiger partial charge in [0.05, 0.1) is 11.8 Å². The molecule has 1 N–H and O–H groups in total. The molecule has 2 aliphatic heterocycles. The Labute approximate surface area is 120 Å². The van der Waals surface area contributed by atoms with Crippen LogP contribution in [0, 0.1) is 17.8 Å². The third-order valence-corrected chi connectivity index (χ3v) is 5.22. The maximum absolute atomic E-state index is 12.4. The summed E-state index contributed by atoms with van der Waals surface area (Å²) in [5.41, 5.74) is 1.38. The molecule has 0 aromatic rings. The first kappa shape index (κ1) is 13.8. The van der Waals surface area contributed by atoms with Gasteiger partial charge in [0, 0.05) is 13.1 Å². The number of carbonyl (C=O) groups excluding carboxylic acids is 2. The van der Waals surface area contributed by atoms with Gasteiger partial charge < -0.3 is 5.32 Å². The molecule has 1 saturated carbocycles. The van der Waals surface area contributed by atoms with Crippen molar-refractivity contribution in [2.45, 2.75) is 39.0 Å². The van der Waals surface area contributed by atoms with E-state index >= 15 is 0 Å². The van der Waals surface area contributed by atoms with Crippen LogP contribution in [0.2, 0.25) is 0 Å². The summed E-state index contributed by atoms with van der Waals surface area (Å²) in [6, 6.07) is 0. The normalized spacial score (nSPS) is 33.5. The minimum absolute atomic E-state index is 0.00514. The molecular formula is C16H24N2O2. The molecule has 2 heterocycles. The van der Waals surface area contributed by atoms with Crippen LogP contribution < -0.4 is 5.32 Å². The second kappa shape index (κ2) is 5.68. The second-order valence-electron chi connectivity index (χ2n) is 6.35. The predicted octanol–water partition coefficient (Wildman–Crippen LogP) is 1.72. The Bertz CT molecular complexity index is 420. The lowest BCUT2D eigenvalue weighted by Gasteiger charge is -2.20. The number of rotatable bonds is 4. The first-order chi connectivity index (χ1) is 9.70. The van der Waals surface area contributed by atoms with Crippen molar-refractivity contribution in [2.75, 3.05) is 19.6 Å². The number of carbonyl (C=O) groups is 2. The van der Waals surface area contributed by atoms with Crippen molar-refractivity contribution in [3.8, 4) is 0 Å². The molecule has 1 aliphatic carbocycles. The Morgan fingerprint density at radius 3 is 2.50 bits per heavy atom. The lowest BCUT2D eigenvalue weighted by atomic mass is 10.00. The molecule has 0 aromatic heterocycles. The minimum Gasteiger partial charge on any atom is -0.313 e. The summed E-state index contributed by atoms with van der Waals surface area (Å²) in [6.07, 6.45) is 7.04. The van der Waals surface area contributed by atoms with Crippen molar-refractivity contribution in [1.82, 2.24) is 10.2 Å². The number of amides is 2. The molecule has 0 radical (unpaired) electrons. The van der Waals surface area contributed by atoms with Crippen LogP contribution >= 0.6 is 0 Å². The number of likely N-dealkylation sites (tertiary alicyclic amines) is 1. The third kappa shape index (κ3) is 2.41. The zero-order valence-electron chi connectivity index (χ0n) is 12.2. The largest absolute Gasteiger partial charge is 0.313 e. The maximum Gasteiger partial charge on any atom is 0.233 e. The number of nitrogens with one attached hydrogen (secondary N) is 1. The van der Waals surface area contributed by atoms with E-state index in [1.54, 1.807) is 4.90 Å². The average Bonchev–Trinajstić information content (AvgIpc) is 3.00. The summed E-state index contributed by atoms with van der Waals surface area (Å²) < 4.78 is 0. The standard InChI is InChI=1S/C16H24N2O2/c1-2-11-9-13-14(10-11)16(20)18(15(13)19)8-5-12-3-6-17-7-4-12/h3,11,13-14,17H,2,4-10H2,1H3. The molecule has 3 rings (SSSR count). The summed E-state index contributed by atoms with van der Waals surface area (Å²) in [5, 5.41) is 3.28. The van der Waals surface area contributed by atoms with Gasteiger partial charge >= 0.3 is 0 Å². The molecular weight excluding hydrogens is 252 g/mol. The van der Waals surface area contributed by atoms with E-state index in [1.165, 1.54) is 5.57 Å². The maximum atomic E-state index is 12.4. The van der Waals surface area contributed by atoms with Gasteiger partial charge in [-0.25, -0.2) is 0 Å². The van der Waals surface area contributed by atoms with E-state index in [4.69, 9.17) is 0 Å². The van der Waals surface area contributed by atoms with Gasteiger partial charge in [-0.3, -0.25) is 14.5 Å². The van der Waals surface area contributed by atoms with Crippen LogP contribution in [-0.4, -0.2) is 36.3 Å². The minimum atomic E-state index is -0.00514. The fraction of sp³-hybridized carbons (Fsp3) is 0.750. The highest BCUT2D eigenvalue weighted by molar-refractivity contribution is 6.05. The van der Waals surface area contributed by atoms with Crippen LogP contribution in [-0.2, 0) is 9.59 Å². The Morgan fingerprint density at radius 1 is 1.25 bits per heavy atom. The molecule has 20 heavy (non-hydrogen) atoms. The van der Waals surface area contributed by atoms with Gasteiger partial charge in [-0.05, 0) is 38.1 Å². The van der Waals surface area contributed by atoms with E-state index < -0.39 is 0 Å². The zero-order chi connectivity index (χ0) is 14.1. The number of hydrogen-bond acceptors (Lipinski definition) is 3. The van der Waals surface area contributed by atoms with Gasteiger partial charge in [-0.2, -0.15) is 0 Å². The lowest BCUT2D eigenvalue weighted by Crippen LogP contribution is -2.34. The van der Waals surface area contributed by atoms with Gasteiger partial charge in [0.1, 0.15) is 0 Å². The molecule has 2 unspecified atom stereocenters. The van der Waals surface area contributed by atoms with E-state index in [1.807, 2.05) is 0 Å². The van der Waals surface area contributed by atoms with Crippen molar-refractivity contribution < 1.29 is 9.59 Å². The molecule has 0 bridgehead atoms. The van der Waals surface area contributed by atoms with Crippen molar-refractivity contribution in [2.24, 2.45) is 17.8 Å². The summed E-state index contributed by atoms with van der Waals surface area (Å²) in [7, 11) is 0. The topological polar surface area (TPSA) is 49.4 Å². The summed E-state index contributed by atoms with van der Waals surface area (Å²) in [5.74, 6) is 0.770. The van der Waals surface area contributed by atoms with Crippen molar-refractivity contribution in [3.05, 3.63) is 11.6 Å². The quantitative estimate of drug-likeness (QED) is 0.628. The SMILES string of the molecule is CCC1CC2C(=O)N(CCC3=CCNCC3)C(=O)C2C1. The molecule has 4 nitrogen and oxygen atoms in total. The highest BCUT2D eigenvalue weighted by atomic mass is 16.2. The van der Waals surface area contributed by atoms with Gasteiger partial charge in [-0.1, -0.05) is 25.0 Å². The Kier molecular flexibility index (Phi) is 3.92. The Hall–Kier alpha value is -1.16. The lowest BCUT2D eigenvalue weighted by molar-refractivity contribution is -0.140. The van der Waals surface area contributed by atoms with Gasteiger partial charge in [0.15, 0.2) is 0 Å². The molecule has 0 spiro atoms. The zero-order valence-corrected chi connectivity index (χ0v) is 12.2. The van der Waals surface area contributed by atoms with E-state index in [9.17, 15) is 9.59 Å².